The summed E-state index contributed by atoms with van der Waals surface area (Å²) >= 11 is 0. The summed E-state index contributed by atoms with van der Waals surface area (Å²) in [7, 11) is 0.751. The smallest absolute Gasteiger partial charge is 0.339 e. The van der Waals surface area contributed by atoms with Gasteiger partial charge in [-0.1, -0.05) is 0 Å². The van der Waals surface area contributed by atoms with Crippen LogP contribution < -0.4 is 0 Å². The van der Waals surface area contributed by atoms with Crippen molar-refractivity contribution in [2.75, 3.05) is 6.61 Å². The first-order chi connectivity index (χ1) is 8.16. The summed E-state index contributed by atoms with van der Waals surface area (Å²) in [6.07, 6.45) is 5.87. The number of ether oxygens (including phenoxy) is 1. The number of carbonyl (C=O) groups excluding carboxylic acids is 1. The third-order valence-corrected chi connectivity index (χ3v) is 4.56. The first-order valence-electron chi connectivity index (χ1n) is 5.63. The van der Waals surface area contributed by atoms with Crippen LogP contribution in [0.15, 0.2) is 29.9 Å². The molecule has 0 saturated heterocycles. The first kappa shape index (κ1) is 10.6. The zero-order valence-electron chi connectivity index (χ0n) is 9.83. The molecule has 3 heteroatoms. The average Bonchev–Trinajstić information content (AvgIpc) is 2.80. The molecular weight excluding hydrogens is 231 g/mol. The summed E-state index contributed by atoms with van der Waals surface area (Å²) in [6.45, 7) is 4.64. The van der Waals surface area contributed by atoms with Crippen molar-refractivity contribution in [3.63, 3.8) is 0 Å². The van der Waals surface area contributed by atoms with Gasteiger partial charge in [0.25, 0.3) is 0 Å². The van der Waals surface area contributed by atoms with E-state index in [2.05, 4.69) is 26.0 Å². The van der Waals surface area contributed by atoms with Gasteiger partial charge in [-0.05, 0) is 60.1 Å². The zero-order chi connectivity index (χ0) is 12.0. The molecule has 1 aromatic heterocycles. The predicted molar refractivity (Wildman–Crippen MR) is 71.4 cm³/mol. The Kier molecular flexibility index (Phi) is 2.34. The second-order valence-electron chi connectivity index (χ2n) is 4.40. The van der Waals surface area contributed by atoms with E-state index in [9.17, 15) is 4.79 Å². The van der Waals surface area contributed by atoms with E-state index in [0.29, 0.717) is 12.2 Å². The number of hydrogen-bond donors (Lipinski definition) is 0. The summed E-state index contributed by atoms with van der Waals surface area (Å²) in [6, 6.07) is 2.19. The van der Waals surface area contributed by atoms with Crippen LogP contribution in [-0.2, 0) is 9.53 Å². The SMILES string of the molecule is CC1=CC(=C2C=CCOC2=O)c2cc(C)[pH]c21. The molecule has 0 bridgehead atoms. The Balaban J connectivity index is 2.23. The van der Waals surface area contributed by atoms with Crippen molar-refractivity contribution in [1.82, 2.24) is 0 Å². The van der Waals surface area contributed by atoms with E-state index in [4.69, 9.17) is 4.74 Å². The van der Waals surface area contributed by atoms with Gasteiger partial charge in [-0.25, -0.2) is 4.79 Å². The lowest BCUT2D eigenvalue weighted by atomic mass is 10.0. The lowest BCUT2D eigenvalue weighted by Gasteiger charge is -2.10. The molecule has 0 radical (unpaired) electrons. The van der Waals surface area contributed by atoms with E-state index in [-0.39, 0.29) is 5.97 Å². The summed E-state index contributed by atoms with van der Waals surface area (Å²) in [5.74, 6) is -0.207. The zero-order valence-corrected chi connectivity index (χ0v) is 10.8. The van der Waals surface area contributed by atoms with Crippen LogP contribution in [0.2, 0.25) is 0 Å². The van der Waals surface area contributed by atoms with Crippen molar-refractivity contribution >= 4 is 25.3 Å². The van der Waals surface area contributed by atoms with E-state index in [1.54, 1.807) is 0 Å². The number of fused-ring (bicyclic) bond motifs is 1. The molecule has 0 N–H and O–H groups in total. The number of cyclic esters (lactones) is 1. The molecule has 1 atom stereocenters. The Labute approximate surface area is 102 Å². The highest BCUT2D eigenvalue weighted by molar-refractivity contribution is 7.33. The average molecular weight is 244 g/mol. The van der Waals surface area contributed by atoms with Crippen LogP contribution in [0, 0.1) is 6.92 Å². The number of allylic oxidation sites excluding steroid dienone is 3. The second kappa shape index (κ2) is 3.75. The van der Waals surface area contributed by atoms with Gasteiger partial charge in [-0.2, -0.15) is 0 Å². The minimum Gasteiger partial charge on any atom is -0.458 e. The predicted octanol–water partition coefficient (Wildman–Crippen LogP) is 3.31. The van der Waals surface area contributed by atoms with E-state index < -0.39 is 0 Å². The summed E-state index contributed by atoms with van der Waals surface area (Å²) in [5, 5.41) is 2.77. The second-order valence-corrected chi connectivity index (χ2v) is 5.94. The highest BCUT2D eigenvalue weighted by Gasteiger charge is 2.24. The summed E-state index contributed by atoms with van der Waals surface area (Å²) in [4.78, 5) is 11.8. The van der Waals surface area contributed by atoms with Gasteiger partial charge in [-0.3, -0.25) is 0 Å². The van der Waals surface area contributed by atoms with Gasteiger partial charge in [0, 0.05) is 5.30 Å². The van der Waals surface area contributed by atoms with Gasteiger partial charge in [0.1, 0.15) is 6.61 Å². The van der Waals surface area contributed by atoms with Gasteiger partial charge in [-0.15, -0.1) is 8.19 Å². The molecule has 86 valence electrons. The fourth-order valence-corrected chi connectivity index (χ4v) is 3.56. The largest absolute Gasteiger partial charge is 0.458 e. The molecule has 2 aliphatic rings. The highest BCUT2D eigenvalue weighted by Crippen LogP contribution is 2.44. The Bertz CT molecular complexity index is 600. The molecule has 3 rings (SSSR count). The van der Waals surface area contributed by atoms with Crippen molar-refractivity contribution in [3.8, 4) is 0 Å². The van der Waals surface area contributed by atoms with Crippen molar-refractivity contribution in [2.24, 2.45) is 0 Å². The molecule has 1 unspecified atom stereocenters. The lowest BCUT2D eigenvalue weighted by molar-refractivity contribution is -0.137. The number of hydrogen-bond acceptors (Lipinski definition) is 2. The molecule has 1 aliphatic carbocycles. The summed E-state index contributed by atoms with van der Waals surface area (Å²) in [5.41, 5.74) is 4.22. The van der Waals surface area contributed by atoms with Gasteiger partial charge >= 0.3 is 5.97 Å². The molecule has 1 aromatic rings. The van der Waals surface area contributed by atoms with E-state index >= 15 is 0 Å². The van der Waals surface area contributed by atoms with Crippen LogP contribution in [0.25, 0.3) is 11.1 Å². The highest BCUT2D eigenvalue weighted by atomic mass is 31.0. The Morgan fingerprint density at radius 2 is 2.12 bits per heavy atom. The molecule has 0 spiro atoms. The van der Waals surface area contributed by atoms with Gasteiger partial charge < -0.3 is 4.74 Å². The molecule has 1 aliphatic heterocycles. The minimum atomic E-state index is -0.207. The Hall–Kier alpha value is -1.53. The number of rotatable bonds is 0. The van der Waals surface area contributed by atoms with Crippen LogP contribution in [0.4, 0.5) is 0 Å². The van der Waals surface area contributed by atoms with E-state index in [1.807, 2.05) is 12.2 Å². The fourth-order valence-electron chi connectivity index (χ4n) is 2.34. The molecule has 0 amide bonds. The van der Waals surface area contributed by atoms with Gasteiger partial charge in [0.2, 0.25) is 0 Å². The maximum Gasteiger partial charge on any atom is 0.339 e. The van der Waals surface area contributed by atoms with Crippen LogP contribution in [0.5, 0.6) is 0 Å². The topological polar surface area (TPSA) is 26.3 Å². The minimum absolute atomic E-state index is 0.207. The standard InChI is InChI=1S/C14H13O2P/c1-8-6-11(10-4-3-5-16-14(10)15)12-7-9(2)17-13(8)12/h3-4,6-7,17H,5H2,1-2H3. The van der Waals surface area contributed by atoms with Crippen molar-refractivity contribution in [2.45, 2.75) is 13.8 Å². The Morgan fingerprint density at radius 1 is 1.29 bits per heavy atom. The summed E-state index contributed by atoms with van der Waals surface area (Å²) < 4.78 is 5.06. The lowest BCUT2D eigenvalue weighted by Crippen LogP contribution is -2.12. The molecule has 2 nitrogen and oxygen atoms in total. The number of carbonyl (C=O) groups is 1. The third-order valence-electron chi connectivity index (χ3n) is 3.10. The van der Waals surface area contributed by atoms with Crippen LogP contribution in [0.1, 0.15) is 23.1 Å². The maximum atomic E-state index is 11.8. The quantitative estimate of drug-likeness (QED) is 0.517. The normalized spacial score (nSPS) is 22.9. The molecule has 0 aromatic carbocycles. The maximum absolute atomic E-state index is 11.8. The van der Waals surface area contributed by atoms with Crippen molar-refractivity contribution < 1.29 is 9.53 Å². The monoisotopic (exact) mass is 244 g/mol. The van der Waals surface area contributed by atoms with Gasteiger partial charge in [0.05, 0.1) is 5.57 Å². The molecular formula is C14H13O2P. The van der Waals surface area contributed by atoms with E-state index in [0.717, 1.165) is 13.8 Å². The molecule has 17 heavy (non-hydrogen) atoms. The Morgan fingerprint density at radius 3 is 2.88 bits per heavy atom. The fraction of sp³-hybridized carbons (Fsp3) is 0.214. The number of aryl methyl sites for hydroxylation is 1. The molecule has 0 fully saturated rings. The van der Waals surface area contributed by atoms with Gasteiger partial charge in [0.15, 0.2) is 0 Å². The van der Waals surface area contributed by atoms with Crippen molar-refractivity contribution in [1.29, 1.82) is 0 Å². The van der Waals surface area contributed by atoms with Crippen LogP contribution in [-0.4, -0.2) is 12.6 Å². The molecule has 0 saturated carbocycles. The van der Waals surface area contributed by atoms with Crippen molar-refractivity contribution in [3.05, 3.63) is 46.0 Å². The third kappa shape index (κ3) is 1.60. The van der Waals surface area contributed by atoms with Crippen LogP contribution in [0.3, 0.4) is 0 Å². The van der Waals surface area contributed by atoms with E-state index in [1.165, 1.54) is 21.7 Å². The number of esters is 1. The van der Waals surface area contributed by atoms with Crippen LogP contribution >= 0.6 is 8.19 Å². The first-order valence-corrected chi connectivity index (χ1v) is 6.63. The molecule has 2 heterocycles.